The fourth-order valence-electron chi connectivity index (χ4n) is 1.65. The predicted molar refractivity (Wildman–Crippen MR) is 66.3 cm³/mol. The summed E-state index contributed by atoms with van der Waals surface area (Å²) in [6.07, 6.45) is 1.56. The first kappa shape index (κ1) is 11.2. The summed E-state index contributed by atoms with van der Waals surface area (Å²) in [7, 11) is 0. The zero-order valence-corrected chi connectivity index (χ0v) is 10.7. The SMILES string of the molecule is Fc1cccc(Cn2nnc3ncc(Br)nc32)c1. The van der Waals surface area contributed by atoms with Crippen LogP contribution in [0.15, 0.2) is 35.1 Å². The van der Waals surface area contributed by atoms with E-state index in [1.165, 1.54) is 12.1 Å². The average Bonchev–Trinajstić information content (AvgIpc) is 2.72. The van der Waals surface area contributed by atoms with Crippen molar-refractivity contribution in [3.05, 3.63) is 46.4 Å². The van der Waals surface area contributed by atoms with Gasteiger partial charge in [0.05, 0.1) is 12.7 Å². The number of hydrogen-bond acceptors (Lipinski definition) is 4. The normalized spacial score (nSPS) is 11.0. The third-order valence-corrected chi connectivity index (χ3v) is 2.80. The Morgan fingerprint density at radius 1 is 1.33 bits per heavy atom. The van der Waals surface area contributed by atoms with E-state index in [1.807, 2.05) is 6.07 Å². The molecule has 0 saturated carbocycles. The minimum Gasteiger partial charge on any atom is -0.229 e. The van der Waals surface area contributed by atoms with Crippen molar-refractivity contribution in [1.29, 1.82) is 0 Å². The van der Waals surface area contributed by atoms with Gasteiger partial charge in [-0.3, -0.25) is 0 Å². The molecule has 0 N–H and O–H groups in total. The van der Waals surface area contributed by atoms with Crippen LogP contribution in [-0.2, 0) is 6.54 Å². The van der Waals surface area contributed by atoms with Gasteiger partial charge >= 0.3 is 0 Å². The van der Waals surface area contributed by atoms with Gasteiger partial charge in [0, 0.05) is 0 Å². The highest BCUT2D eigenvalue weighted by Gasteiger charge is 2.08. The first-order valence-corrected chi connectivity index (χ1v) is 5.98. The average molecular weight is 308 g/mol. The molecule has 1 aromatic carbocycles. The summed E-state index contributed by atoms with van der Waals surface area (Å²) >= 11 is 3.25. The monoisotopic (exact) mass is 307 g/mol. The van der Waals surface area contributed by atoms with E-state index >= 15 is 0 Å². The van der Waals surface area contributed by atoms with Gasteiger partial charge in [0.15, 0.2) is 5.65 Å². The first-order chi connectivity index (χ1) is 8.72. The molecule has 18 heavy (non-hydrogen) atoms. The molecule has 2 aromatic heterocycles. The van der Waals surface area contributed by atoms with Crippen molar-refractivity contribution in [3.8, 4) is 0 Å². The van der Waals surface area contributed by atoms with Crippen molar-refractivity contribution in [1.82, 2.24) is 25.0 Å². The number of halogens is 2. The van der Waals surface area contributed by atoms with E-state index in [4.69, 9.17) is 0 Å². The summed E-state index contributed by atoms with van der Waals surface area (Å²) in [5, 5.41) is 7.86. The van der Waals surface area contributed by atoms with E-state index in [0.717, 1.165) is 5.56 Å². The molecule has 0 saturated heterocycles. The number of hydrogen-bond donors (Lipinski definition) is 0. The minimum atomic E-state index is -0.274. The summed E-state index contributed by atoms with van der Waals surface area (Å²) in [5.41, 5.74) is 1.83. The first-order valence-electron chi connectivity index (χ1n) is 5.18. The van der Waals surface area contributed by atoms with E-state index < -0.39 is 0 Å². The van der Waals surface area contributed by atoms with Gasteiger partial charge in [0.25, 0.3) is 0 Å². The molecule has 0 radical (unpaired) electrons. The van der Waals surface area contributed by atoms with Crippen molar-refractivity contribution in [3.63, 3.8) is 0 Å². The van der Waals surface area contributed by atoms with Crippen molar-refractivity contribution < 1.29 is 4.39 Å². The lowest BCUT2D eigenvalue weighted by Crippen LogP contribution is -2.03. The van der Waals surface area contributed by atoms with Crippen molar-refractivity contribution >= 4 is 27.2 Å². The molecule has 5 nitrogen and oxygen atoms in total. The van der Waals surface area contributed by atoms with Gasteiger partial charge in [0.1, 0.15) is 10.4 Å². The molecule has 0 aliphatic rings. The summed E-state index contributed by atoms with van der Waals surface area (Å²) in [4.78, 5) is 8.34. The molecule has 2 heterocycles. The van der Waals surface area contributed by atoms with E-state index in [1.54, 1.807) is 16.9 Å². The lowest BCUT2D eigenvalue weighted by molar-refractivity contribution is 0.617. The quantitative estimate of drug-likeness (QED) is 0.728. The molecule has 3 aromatic rings. The Morgan fingerprint density at radius 2 is 2.22 bits per heavy atom. The molecular weight excluding hydrogens is 301 g/mol. The molecule has 7 heteroatoms. The molecule has 90 valence electrons. The summed E-state index contributed by atoms with van der Waals surface area (Å²) in [6, 6.07) is 6.34. The van der Waals surface area contributed by atoms with E-state index in [-0.39, 0.29) is 5.82 Å². The number of rotatable bonds is 2. The lowest BCUT2D eigenvalue weighted by atomic mass is 10.2. The summed E-state index contributed by atoms with van der Waals surface area (Å²) in [6.45, 7) is 0.402. The summed E-state index contributed by atoms with van der Waals surface area (Å²) < 4.78 is 15.3. The molecule has 0 amide bonds. The van der Waals surface area contributed by atoms with E-state index in [2.05, 4.69) is 36.2 Å². The second-order valence-corrected chi connectivity index (χ2v) is 4.53. The van der Waals surface area contributed by atoms with Crippen LogP contribution in [0.2, 0.25) is 0 Å². The van der Waals surface area contributed by atoms with Gasteiger partial charge < -0.3 is 0 Å². The van der Waals surface area contributed by atoms with Gasteiger partial charge in [0.2, 0.25) is 5.65 Å². The fourth-order valence-corrected chi connectivity index (χ4v) is 1.92. The molecule has 0 spiro atoms. The summed E-state index contributed by atoms with van der Waals surface area (Å²) in [5.74, 6) is -0.274. The predicted octanol–water partition coefficient (Wildman–Crippen LogP) is 2.17. The van der Waals surface area contributed by atoms with Crippen LogP contribution in [0.4, 0.5) is 4.39 Å². The number of benzene rings is 1. The van der Waals surface area contributed by atoms with Gasteiger partial charge in [-0.05, 0) is 33.6 Å². The second-order valence-electron chi connectivity index (χ2n) is 3.72. The Labute approximate surface area is 110 Å². The van der Waals surface area contributed by atoms with Gasteiger partial charge in [-0.25, -0.2) is 19.0 Å². The Bertz CT molecular complexity index is 711. The van der Waals surface area contributed by atoms with Crippen LogP contribution < -0.4 is 0 Å². The smallest absolute Gasteiger partial charge is 0.221 e. The Kier molecular flexibility index (Phi) is 2.75. The maximum absolute atomic E-state index is 13.1. The maximum Gasteiger partial charge on any atom is 0.221 e. The maximum atomic E-state index is 13.1. The highest BCUT2D eigenvalue weighted by atomic mass is 79.9. The van der Waals surface area contributed by atoms with Gasteiger partial charge in [-0.15, -0.1) is 5.10 Å². The van der Waals surface area contributed by atoms with Crippen LogP contribution in [0, 0.1) is 5.82 Å². The van der Waals surface area contributed by atoms with Crippen LogP contribution in [-0.4, -0.2) is 25.0 Å². The zero-order valence-electron chi connectivity index (χ0n) is 9.09. The van der Waals surface area contributed by atoms with Gasteiger partial charge in [-0.2, -0.15) is 0 Å². The standard InChI is InChI=1S/C11H7BrFN5/c12-9-5-14-10-11(15-9)18(17-16-10)6-7-2-1-3-8(13)4-7/h1-5H,6H2. The fraction of sp³-hybridized carbons (Fsp3) is 0.0909. The van der Waals surface area contributed by atoms with E-state index in [0.29, 0.717) is 22.4 Å². The van der Waals surface area contributed by atoms with E-state index in [9.17, 15) is 4.39 Å². The topological polar surface area (TPSA) is 56.5 Å². The molecular formula is C11H7BrFN5. The molecule has 0 atom stereocenters. The van der Waals surface area contributed by atoms with Gasteiger partial charge in [-0.1, -0.05) is 17.3 Å². The van der Waals surface area contributed by atoms with Crippen LogP contribution in [0.5, 0.6) is 0 Å². The molecule has 0 bridgehead atoms. The van der Waals surface area contributed by atoms with Crippen LogP contribution in [0.25, 0.3) is 11.3 Å². The minimum absolute atomic E-state index is 0.274. The molecule has 0 unspecified atom stereocenters. The van der Waals surface area contributed by atoms with Crippen molar-refractivity contribution in [2.24, 2.45) is 0 Å². The number of nitrogens with zero attached hydrogens (tertiary/aromatic N) is 5. The van der Waals surface area contributed by atoms with Crippen LogP contribution in [0.3, 0.4) is 0 Å². The molecule has 0 aliphatic carbocycles. The third-order valence-electron chi connectivity index (χ3n) is 2.42. The van der Waals surface area contributed by atoms with Crippen LogP contribution in [0.1, 0.15) is 5.56 Å². The highest BCUT2D eigenvalue weighted by molar-refractivity contribution is 9.10. The largest absolute Gasteiger partial charge is 0.229 e. The van der Waals surface area contributed by atoms with Crippen molar-refractivity contribution in [2.45, 2.75) is 6.54 Å². The Morgan fingerprint density at radius 3 is 3.06 bits per heavy atom. The lowest BCUT2D eigenvalue weighted by Gasteiger charge is -2.02. The zero-order chi connectivity index (χ0) is 12.5. The van der Waals surface area contributed by atoms with Crippen LogP contribution >= 0.6 is 15.9 Å². The Hall–Kier alpha value is -1.89. The molecule has 0 aliphatic heterocycles. The number of aromatic nitrogens is 5. The highest BCUT2D eigenvalue weighted by Crippen LogP contribution is 2.12. The second kappa shape index (κ2) is 4.41. The molecule has 0 fully saturated rings. The third kappa shape index (κ3) is 2.08. The molecule has 3 rings (SSSR count). The Balaban J connectivity index is 2.02. The van der Waals surface area contributed by atoms with Crippen molar-refractivity contribution in [2.75, 3.05) is 0 Å². The number of fused-ring (bicyclic) bond motifs is 1.